The molecule has 0 saturated heterocycles. The SMILES string of the molecule is CC(C)(C)CCOC(=O)c1cnc(C2(N)CCC2)[nH]1. The van der Waals surface area contributed by atoms with Crippen molar-refractivity contribution in [2.45, 2.75) is 52.0 Å². The number of imidazole rings is 1. The van der Waals surface area contributed by atoms with Crippen molar-refractivity contribution in [2.24, 2.45) is 11.1 Å². The Hall–Kier alpha value is -1.36. The van der Waals surface area contributed by atoms with Gasteiger partial charge in [-0.1, -0.05) is 20.8 Å². The summed E-state index contributed by atoms with van der Waals surface area (Å²) in [5, 5.41) is 0. The summed E-state index contributed by atoms with van der Waals surface area (Å²) in [6.07, 6.45) is 5.29. The highest BCUT2D eigenvalue weighted by Crippen LogP contribution is 2.36. The van der Waals surface area contributed by atoms with Crippen LogP contribution < -0.4 is 5.73 Å². The maximum Gasteiger partial charge on any atom is 0.356 e. The third kappa shape index (κ3) is 3.35. The quantitative estimate of drug-likeness (QED) is 0.819. The molecule has 2 rings (SSSR count). The molecule has 0 spiro atoms. The number of nitrogens with one attached hydrogen (secondary N) is 1. The lowest BCUT2D eigenvalue weighted by atomic mass is 9.77. The largest absolute Gasteiger partial charge is 0.461 e. The van der Waals surface area contributed by atoms with Gasteiger partial charge >= 0.3 is 5.97 Å². The number of esters is 1. The molecule has 1 aromatic heterocycles. The van der Waals surface area contributed by atoms with Gasteiger partial charge in [0.15, 0.2) is 0 Å². The standard InChI is InChI=1S/C14H23N3O2/c1-13(2,3)7-8-19-11(18)10-9-16-12(17-10)14(15)5-4-6-14/h9H,4-8,15H2,1-3H3,(H,16,17). The highest BCUT2D eigenvalue weighted by molar-refractivity contribution is 5.87. The molecule has 0 amide bonds. The fourth-order valence-corrected chi connectivity index (χ4v) is 2.00. The number of H-pyrrole nitrogens is 1. The van der Waals surface area contributed by atoms with E-state index >= 15 is 0 Å². The molecule has 0 unspecified atom stereocenters. The Labute approximate surface area is 113 Å². The van der Waals surface area contributed by atoms with E-state index in [0.29, 0.717) is 18.1 Å². The van der Waals surface area contributed by atoms with Crippen molar-refractivity contribution in [3.63, 3.8) is 0 Å². The van der Waals surface area contributed by atoms with Crippen LogP contribution in [0.25, 0.3) is 0 Å². The highest BCUT2D eigenvalue weighted by atomic mass is 16.5. The maximum atomic E-state index is 11.8. The van der Waals surface area contributed by atoms with Gasteiger partial charge in [-0.3, -0.25) is 0 Å². The second-order valence-electron chi connectivity index (χ2n) is 6.60. The maximum absolute atomic E-state index is 11.8. The van der Waals surface area contributed by atoms with Crippen molar-refractivity contribution < 1.29 is 9.53 Å². The minimum absolute atomic E-state index is 0.159. The van der Waals surface area contributed by atoms with Crippen LogP contribution in [0.5, 0.6) is 0 Å². The summed E-state index contributed by atoms with van der Waals surface area (Å²) in [5.74, 6) is 0.340. The molecule has 0 aromatic carbocycles. The van der Waals surface area contributed by atoms with Crippen molar-refractivity contribution in [1.82, 2.24) is 9.97 Å². The number of carbonyl (C=O) groups is 1. The van der Waals surface area contributed by atoms with E-state index in [0.717, 1.165) is 25.7 Å². The molecule has 0 radical (unpaired) electrons. The van der Waals surface area contributed by atoms with Crippen molar-refractivity contribution >= 4 is 5.97 Å². The van der Waals surface area contributed by atoms with Crippen LogP contribution in [0, 0.1) is 5.41 Å². The minimum atomic E-state index is -0.371. The molecule has 0 bridgehead atoms. The molecular formula is C14H23N3O2. The van der Waals surface area contributed by atoms with E-state index in [1.165, 1.54) is 6.20 Å². The number of nitrogens with zero attached hydrogens (tertiary/aromatic N) is 1. The summed E-state index contributed by atoms with van der Waals surface area (Å²) in [6.45, 7) is 6.77. The molecular weight excluding hydrogens is 242 g/mol. The number of hydrogen-bond donors (Lipinski definition) is 2. The molecule has 1 heterocycles. The fourth-order valence-electron chi connectivity index (χ4n) is 2.00. The summed E-state index contributed by atoms with van der Waals surface area (Å²) in [4.78, 5) is 19.0. The van der Waals surface area contributed by atoms with Crippen LogP contribution in [0.15, 0.2) is 6.20 Å². The van der Waals surface area contributed by atoms with Crippen LogP contribution in [-0.4, -0.2) is 22.5 Å². The average Bonchev–Trinajstić information content (AvgIpc) is 2.73. The summed E-state index contributed by atoms with van der Waals surface area (Å²) in [5.41, 5.74) is 6.33. The van der Waals surface area contributed by atoms with Crippen LogP contribution in [-0.2, 0) is 10.3 Å². The first kappa shape index (κ1) is 14.1. The van der Waals surface area contributed by atoms with Crippen molar-refractivity contribution in [2.75, 3.05) is 6.61 Å². The molecule has 5 heteroatoms. The van der Waals surface area contributed by atoms with E-state index < -0.39 is 0 Å². The molecule has 1 aliphatic carbocycles. The summed E-state index contributed by atoms with van der Waals surface area (Å²) >= 11 is 0. The number of nitrogens with two attached hydrogens (primary N) is 1. The molecule has 0 atom stereocenters. The summed E-state index contributed by atoms with van der Waals surface area (Å²) < 4.78 is 5.23. The Kier molecular flexibility index (Phi) is 3.67. The highest BCUT2D eigenvalue weighted by Gasteiger charge is 2.37. The second-order valence-corrected chi connectivity index (χ2v) is 6.60. The smallest absolute Gasteiger partial charge is 0.356 e. The van der Waals surface area contributed by atoms with Crippen LogP contribution >= 0.6 is 0 Å². The predicted molar refractivity (Wildman–Crippen MR) is 72.7 cm³/mol. The molecule has 1 saturated carbocycles. The fraction of sp³-hybridized carbons (Fsp3) is 0.714. The van der Waals surface area contributed by atoms with Crippen molar-refractivity contribution in [3.05, 3.63) is 17.7 Å². The Morgan fingerprint density at radius 1 is 1.53 bits per heavy atom. The van der Waals surface area contributed by atoms with E-state index in [-0.39, 0.29) is 16.9 Å². The second kappa shape index (κ2) is 4.96. The van der Waals surface area contributed by atoms with Crippen LogP contribution in [0.4, 0.5) is 0 Å². The lowest BCUT2D eigenvalue weighted by Crippen LogP contribution is -2.44. The van der Waals surface area contributed by atoms with Gasteiger partial charge in [-0.2, -0.15) is 0 Å². The van der Waals surface area contributed by atoms with Gasteiger partial charge in [-0.15, -0.1) is 0 Å². The van der Waals surface area contributed by atoms with E-state index in [1.807, 2.05) is 0 Å². The van der Waals surface area contributed by atoms with Crippen molar-refractivity contribution in [3.8, 4) is 0 Å². The first-order chi connectivity index (χ1) is 8.80. The molecule has 0 aliphatic heterocycles. The predicted octanol–water partition coefficient (Wildman–Crippen LogP) is 2.34. The lowest BCUT2D eigenvalue weighted by Gasteiger charge is -2.35. The number of carbonyl (C=O) groups excluding carboxylic acids is 1. The van der Waals surface area contributed by atoms with E-state index in [1.54, 1.807) is 0 Å². The Balaban J connectivity index is 1.90. The van der Waals surface area contributed by atoms with E-state index in [9.17, 15) is 4.79 Å². The topological polar surface area (TPSA) is 81.0 Å². The van der Waals surface area contributed by atoms with Gasteiger partial charge < -0.3 is 15.5 Å². The van der Waals surface area contributed by atoms with Crippen molar-refractivity contribution in [1.29, 1.82) is 0 Å². The molecule has 106 valence electrons. The molecule has 1 aliphatic rings. The third-order valence-corrected chi connectivity index (χ3v) is 3.60. The minimum Gasteiger partial charge on any atom is -0.461 e. The summed E-state index contributed by atoms with van der Waals surface area (Å²) in [7, 11) is 0. The first-order valence-electron chi connectivity index (χ1n) is 6.82. The lowest BCUT2D eigenvalue weighted by molar-refractivity contribution is 0.0458. The summed E-state index contributed by atoms with van der Waals surface area (Å²) in [6, 6.07) is 0. The zero-order valence-electron chi connectivity index (χ0n) is 12.0. The molecule has 19 heavy (non-hydrogen) atoms. The van der Waals surface area contributed by atoms with Gasteiger partial charge in [0, 0.05) is 0 Å². The van der Waals surface area contributed by atoms with Gasteiger partial charge in [-0.05, 0) is 31.1 Å². The molecule has 1 fully saturated rings. The Bertz CT molecular complexity index is 456. The number of hydrogen-bond acceptors (Lipinski definition) is 4. The van der Waals surface area contributed by atoms with E-state index in [2.05, 4.69) is 30.7 Å². The monoisotopic (exact) mass is 265 g/mol. The number of aromatic nitrogens is 2. The van der Waals surface area contributed by atoms with Gasteiger partial charge in [0.2, 0.25) is 0 Å². The number of rotatable bonds is 4. The molecule has 3 N–H and O–H groups in total. The van der Waals surface area contributed by atoms with E-state index in [4.69, 9.17) is 10.5 Å². The normalized spacial score (nSPS) is 17.9. The number of aromatic amines is 1. The first-order valence-corrected chi connectivity index (χ1v) is 6.82. The van der Waals surface area contributed by atoms with Gasteiger partial charge in [0.1, 0.15) is 11.5 Å². The van der Waals surface area contributed by atoms with Gasteiger partial charge in [0.25, 0.3) is 0 Å². The zero-order chi connectivity index (χ0) is 14.1. The number of ether oxygens (including phenoxy) is 1. The molecule has 1 aromatic rings. The molecule has 5 nitrogen and oxygen atoms in total. The third-order valence-electron chi connectivity index (χ3n) is 3.60. The van der Waals surface area contributed by atoms with Gasteiger partial charge in [0.05, 0.1) is 18.3 Å². The zero-order valence-corrected chi connectivity index (χ0v) is 12.0. The average molecular weight is 265 g/mol. The Morgan fingerprint density at radius 3 is 2.74 bits per heavy atom. The Morgan fingerprint density at radius 2 is 2.21 bits per heavy atom. The van der Waals surface area contributed by atoms with Crippen LogP contribution in [0.2, 0.25) is 0 Å². The van der Waals surface area contributed by atoms with Gasteiger partial charge in [-0.25, -0.2) is 9.78 Å². The van der Waals surface area contributed by atoms with Crippen LogP contribution in [0.3, 0.4) is 0 Å². The van der Waals surface area contributed by atoms with Crippen LogP contribution in [0.1, 0.15) is 62.8 Å².